The summed E-state index contributed by atoms with van der Waals surface area (Å²) in [4.78, 5) is 16.6. The van der Waals surface area contributed by atoms with Crippen LogP contribution in [0.15, 0.2) is 30.5 Å². The molecule has 2 aliphatic heterocycles. The summed E-state index contributed by atoms with van der Waals surface area (Å²) in [6.07, 6.45) is -1.29. The molecule has 1 aromatic carbocycles. The second-order valence-electron chi connectivity index (χ2n) is 10.7. The lowest BCUT2D eigenvalue weighted by atomic mass is 9.94. The van der Waals surface area contributed by atoms with Gasteiger partial charge in [0, 0.05) is 18.7 Å². The molecule has 0 spiro atoms. The molecule has 2 fully saturated rings. The Labute approximate surface area is 209 Å². The number of halogens is 3. The summed E-state index contributed by atoms with van der Waals surface area (Å²) in [6.45, 7) is 8.16. The first-order valence-electron chi connectivity index (χ1n) is 12.2. The van der Waals surface area contributed by atoms with E-state index in [1.807, 2.05) is 27.0 Å². The quantitative estimate of drug-likeness (QED) is 0.592. The molecule has 2 atom stereocenters. The smallest absolute Gasteiger partial charge is 0.416 e. The van der Waals surface area contributed by atoms with Gasteiger partial charge in [-0.25, -0.2) is 9.48 Å². The Hall–Kier alpha value is -2.66. The van der Waals surface area contributed by atoms with Crippen LogP contribution in [0.2, 0.25) is 0 Å². The normalized spacial score (nSPS) is 22.2. The fourth-order valence-corrected chi connectivity index (χ4v) is 4.59. The first-order chi connectivity index (χ1) is 16.9. The van der Waals surface area contributed by atoms with Crippen molar-refractivity contribution in [2.45, 2.75) is 70.1 Å². The third kappa shape index (κ3) is 6.56. The molecule has 11 heteroatoms. The van der Waals surface area contributed by atoms with E-state index in [1.165, 1.54) is 12.1 Å². The highest BCUT2D eigenvalue weighted by Gasteiger charge is 2.40. The van der Waals surface area contributed by atoms with Gasteiger partial charge in [0.2, 0.25) is 0 Å². The largest absolute Gasteiger partial charge is 0.444 e. The average Bonchev–Trinajstić information content (AvgIpc) is 3.44. The Kier molecular flexibility index (Phi) is 7.61. The number of piperidine rings is 1. The van der Waals surface area contributed by atoms with Crippen LogP contribution >= 0.6 is 0 Å². The fraction of sp³-hybridized carbons (Fsp3) is 0.640. The van der Waals surface area contributed by atoms with Gasteiger partial charge < -0.3 is 19.3 Å². The van der Waals surface area contributed by atoms with Crippen molar-refractivity contribution < 1.29 is 27.4 Å². The predicted octanol–water partition coefficient (Wildman–Crippen LogP) is 4.48. The zero-order chi connectivity index (χ0) is 26.1. The van der Waals surface area contributed by atoms with Gasteiger partial charge in [-0.05, 0) is 71.4 Å². The van der Waals surface area contributed by atoms with Gasteiger partial charge in [-0.2, -0.15) is 13.2 Å². The highest BCUT2D eigenvalue weighted by molar-refractivity contribution is 5.68. The Morgan fingerprint density at radius 3 is 2.36 bits per heavy atom. The molecule has 0 saturated carbocycles. The van der Waals surface area contributed by atoms with E-state index >= 15 is 0 Å². The number of amides is 1. The second-order valence-corrected chi connectivity index (χ2v) is 10.7. The minimum absolute atomic E-state index is 0.109. The summed E-state index contributed by atoms with van der Waals surface area (Å²) in [5.41, 5.74) is 0.203. The molecule has 8 nitrogen and oxygen atoms in total. The minimum atomic E-state index is -4.39. The number of likely N-dealkylation sites (tertiary alicyclic amines) is 2. The number of carbonyl (C=O) groups is 1. The number of carbonyl (C=O) groups excluding carboxylic acids is 1. The molecular weight excluding hydrogens is 475 g/mol. The molecule has 2 aliphatic rings. The Balaban J connectivity index is 1.48. The Bertz CT molecular complexity index is 1030. The lowest BCUT2D eigenvalue weighted by Crippen LogP contribution is -2.36. The molecule has 2 unspecified atom stereocenters. The molecule has 0 radical (unpaired) electrons. The van der Waals surface area contributed by atoms with Crippen molar-refractivity contribution in [2.24, 2.45) is 0 Å². The molecule has 36 heavy (non-hydrogen) atoms. The highest BCUT2D eigenvalue weighted by atomic mass is 19.4. The number of ether oxygens (including phenoxy) is 2. The van der Waals surface area contributed by atoms with Gasteiger partial charge in [0.1, 0.15) is 5.60 Å². The summed E-state index contributed by atoms with van der Waals surface area (Å²) >= 11 is 0. The molecule has 3 heterocycles. The van der Waals surface area contributed by atoms with Crippen LogP contribution < -0.4 is 0 Å². The van der Waals surface area contributed by atoms with Gasteiger partial charge in [-0.1, -0.05) is 17.3 Å². The second kappa shape index (κ2) is 10.4. The van der Waals surface area contributed by atoms with Crippen LogP contribution in [-0.2, 0) is 22.3 Å². The number of nitrogens with zero attached hydrogens (tertiary/aromatic N) is 5. The van der Waals surface area contributed by atoms with E-state index in [0.717, 1.165) is 43.8 Å². The topological polar surface area (TPSA) is 72.7 Å². The summed E-state index contributed by atoms with van der Waals surface area (Å²) in [5, 5.41) is 8.80. The molecule has 1 amide bonds. The number of hydrogen-bond acceptors (Lipinski definition) is 6. The van der Waals surface area contributed by atoms with Crippen LogP contribution in [0.3, 0.4) is 0 Å². The van der Waals surface area contributed by atoms with Crippen molar-refractivity contribution in [2.75, 3.05) is 33.2 Å². The van der Waals surface area contributed by atoms with Crippen LogP contribution in [0.1, 0.15) is 62.4 Å². The Morgan fingerprint density at radius 2 is 1.75 bits per heavy atom. The molecule has 0 N–H and O–H groups in total. The van der Waals surface area contributed by atoms with Crippen LogP contribution in [0.4, 0.5) is 18.0 Å². The number of hydrogen-bond donors (Lipinski definition) is 0. The first-order valence-corrected chi connectivity index (χ1v) is 12.2. The van der Waals surface area contributed by atoms with E-state index < -0.39 is 29.5 Å². The summed E-state index contributed by atoms with van der Waals surface area (Å²) in [5.74, 6) is 0.338. The van der Waals surface area contributed by atoms with Gasteiger partial charge >= 0.3 is 12.3 Å². The van der Waals surface area contributed by atoms with Crippen molar-refractivity contribution in [3.63, 3.8) is 0 Å². The van der Waals surface area contributed by atoms with Gasteiger partial charge in [0.15, 0.2) is 0 Å². The summed E-state index contributed by atoms with van der Waals surface area (Å²) in [6, 6.07) is 4.62. The van der Waals surface area contributed by atoms with E-state index in [0.29, 0.717) is 18.0 Å². The first kappa shape index (κ1) is 26.4. The van der Waals surface area contributed by atoms with Crippen molar-refractivity contribution >= 4 is 6.09 Å². The molecule has 0 bridgehead atoms. The summed E-state index contributed by atoms with van der Waals surface area (Å²) < 4.78 is 52.1. The molecule has 198 valence electrons. The lowest BCUT2D eigenvalue weighted by Gasteiger charge is -2.27. The van der Waals surface area contributed by atoms with Crippen LogP contribution in [0, 0.1) is 0 Å². The summed E-state index contributed by atoms with van der Waals surface area (Å²) in [7, 11) is 2.11. The van der Waals surface area contributed by atoms with Crippen molar-refractivity contribution in [1.29, 1.82) is 0 Å². The number of rotatable bonds is 5. The SMILES string of the molecule is CN1CCC(c2cn(C3CN(C(=O)OC(C)(C)C)CC3OCc3ccc(C(F)(F)F)cc3)nn2)CC1. The van der Waals surface area contributed by atoms with Crippen molar-refractivity contribution in [3.8, 4) is 0 Å². The maximum absolute atomic E-state index is 12.9. The van der Waals surface area contributed by atoms with Gasteiger partial charge in [0.05, 0.1) is 36.6 Å². The molecular formula is C25H34F3N5O3. The van der Waals surface area contributed by atoms with Crippen molar-refractivity contribution in [3.05, 3.63) is 47.3 Å². The van der Waals surface area contributed by atoms with Crippen molar-refractivity contribution in [1.82, 2.24) is 24.8 Å². The number of alkyl halides is 3. The van der Waals surface area contributed by atoms with Gasteiger partial charge in [-0.3, -0.25) is 0 Å². The standard InChI is InChI=1S/C25H34F3N5O3/c1-24(2,3)36-23(34)32-14-21(33-13-20(29-30-33)18-9-11-31(4)12-10-18)22(15-32)35-16-17-5-7-19(8-6-17)25(26,27)28/h5-8,13,18,21-22H,9-12,14-16H2,1-4H3. The van der Waals surface area contributed by atoms with E-state index in [4.69, 9.17) is 9.47 Å². The zero-order valence-electron chi connectivity index (χ0n) is 21.2. The molecule has 4 rings (SSSR count). The predicted molar refractivity (Wildman–Crippen MR) is 126 cm³/mol. The minimum Gasteiger partial charge on any atom is -0.444 e. The number of benzene rings is 1. The zero-order valence-corrected chi connectivity index (χ0v) is 21.2. The maximum Gasteiger partial charge on any atom is 0.416 e. The van der Waals surface area contributed by atoms with Gasteiger partial charge in [0.25, 0.3) is 0 Å². The third-order valence-corrected chi connectivity index (χ3v) is 6.64. The lowest BCUT2D eigenvalue weighted by molar-refractivity contribution is -0.137. The fourth-order valence-electron chi connectivity index (χ4n) is 4.59. The third-order valence-electron chi connectivity index (χ3n) is 6.64. The van der Waals surface area contributed by atoms with E-state index in [2.05, 4.69) is 22.3 Å². The molecule has 0 aliphatic carbocycles. The van der Waals surface area contributed by atoms with Crippen LogP contribution in [0.25, 0.3) is 0 Å². The van der Waals surface area contributed by atoms with E-state index in [1.54, 1.807) is 9.58 Å². The van der Waals surface area contributed by atoms with Crippen LogP contribution in [-0.4, -0.2) is 75.8 Å². The molecule has 2 aromatic rings. The van der Waals surface area contributed by atoms with E-state index in [-0.39, 0.29) is 19.2 Å². The number of aromatic nitrogens is 3. The van der Waals surface area contributed by atoms with Gasteiger partial charge in [-0.15, -0.1) is 5.10 Å². The highest BCUT2D eigenvalue weighted by Crippen LogP contribution is 2.31. The molecule has 1 aromatic heterocycles. The average molecular weight is 510 g/mol. The monoisotopic (exact) mass is 509 g/mol. The van der Waals surface area contributed by atoms with E-state index in [9.17, 15) is 18.0 Å². The van der Waals surface area contributed by atoms with Crippen LogP contribution in [0.5, 0.6) is 0 Å². The molecule has 2 saturated heterocycles. The Morgan fingerprint density at radius 1 is 1.08 bits per heavy atom. The maximum atomic E-state index is 12.9.